The summed E-state index contributed by atoms with van der Waals surface area (Å²) in [5.74, 6) is 2.70. The third-order valence-corrected chi connectivity index (χ3v) is 5.45. The lowest BCUT2D eigenvalue weighted by atomic mass is 10.2. The van der Waals surface area contributed by atoms with Crippen LogP contribution >= 0.6 is 0 Å². The predicted octanol–water partition coefficient (Wildman–Crippen LogP) is 3.16. The highest BCUT2D eigenvalue weighted by Crippen LogP contribution is 2.33. The summed E-state index contributed by atoms with van der Waals surface area (Å²) in [6.45, 7) is 1.94. The van der Waals surface area contributed by atoms with Crippen LogP contribution < -0.4 is 30.0 Å². The van der Waals surface area contributed by atoms with Gasteiger partial charge in [0.1, 0.15) is 11.5 Å². The topological polar surface area (TPSA) is 149 Å². The molecule has 12 nitrogen and oxygen atoms in total. The number of carbonyl (C=O) groups is 1. The number of aromatic nitrogens is 4. The normalized spacial score (nSPS) is 10.7. The fourth-order valence-corrected chi connectivity index (χ4v) is 3.51. The Morgan fingerprint density at radius 1 is 0.972 bits per heavy atom. The summed E-state index contributed by atoms with van der Waals surface area (Å²) in [7, 11) is 6.16. The summed E-state index contributed by atoms with van der Waals surface area (Å²) in [6.07, 6.45) is 0. The summed E-state index contributed by atoms with van der Waals surface area (Å²) in [4.78, 5) is 17.4. The number of hydrogen-bond donors (Lipinski definition) is 2. The molecule has 2 aromatic carbocycles. The molecular weight excluding hydrogens is 468 g/mol. The Hall–Kier alpha value is -4.74. The first-order chi connectivity index (χ1) is 17.4. The monoisotopic (exact) mass is 494 g/mol. The zero-order valence-electron chi connectivity index (χ0n) is 20.5. The van der Waals surface area contributed by atoms with Crippen molar-refractivity contribution in [3.05, 3.63) is 53.5 Å². The van der Waals surface area contributed by atoms with E-state index in [-0.39, 0.29) is 18.1 Å². The second kappa shape index (κ2) is 10.3. The van der Waals surface area contributed by atoms with E-state index in [1.165, 1.54) is 18.9 Å². The Balaban J connectivity index is 1.52. The van der Waals surface area contributed by atoms with Crippen LogP contribution in [0.25, 0.3) is 11.5 Å². The Morgan fingerprint density at radius 2 is 1.61 bits per heavy atom. The summed E-state index contributed by atoms with van der Waals surface area (Å²) in [5, 5.41) is 10.7. The standard InChI is InChI=1S/C24H26N6O6/c1-13-16(27-24(36-13)14-6-8-17(32-2)19(10-14)34-4)12-30-22(25)21(28-29-30)23(31)26-15-7-9-18(33-3)20(11-15)35-5/h6-11H,12,25H2,1-5H3,(H,26,31). The van der Waals surface area contributed by atoms with Gasteiger partial charge in [0.05, 0.1) is 35.0 Å². The number of rotatable bonds is 9. The van der Waals surface area contributed by atoms with E-state index in [0.29, 0.717) is 51.6 Å². The molecule has 0 spiro atoms. The Morgan fingerprint density at radius 3 is 2.28 bits per heavy atom. The van der Waals surface area contributed by atoms with Gasteiger partial charge in [-0.1, -0.05) is 5.21 Å². The van der Waals surface area contributed by atoms with Gasteiger partial charge in [-0.25, -0.2) is 9.67 Å². The summed E-state index contributed by atoms with van der Waals surface area (Å²) in [5.41, 5.74) is 7.95. The number of methoxy groups -OCH3 is 4. The number of nitrogen functional groups attached to an aromatic ring is 1. The molecule has 0 aliphatic carbocycles. The van der Waals surface area contributed by atoms with Crippen molar-refractivity contribution in [2.75, 3.05) is 39.5 Å². The summed E-state index contributed by atoms with van der Waals surface area (Å²) < 4.78 is 28.3. The molecule has 0 unspecified atom stereocenters. The number of hydrogen-bond acceptors (Lipinski definition) is 10. The van der Waals surface area contributed by atoms with Gasteiger partial charge in [-0.15, -0.1) is 5.10 Å². The Bertz CT molecular complexity index is 1400. The lowest BCUT2D eigenvalue weighted by Gasteiger charge is -2.10. The number of anilines is 2. The average Bonchev–Trinajstić information content (AvgIpc) is 3.45. The highest BCUT2D eigenvalue weighted by Gasteiger charge is 2.21. The minimum atomic E-state index is -0.520. The van der Waals surface area contributed by atoms with Crippen molar-refractivity contribution in [1.82, 2.24) is 20.0 Å². The number of carbonyl (C=O) groups excluding carboxylic acids is 1. The number of nitrogens with two attached hydrogens (primary N) is 1. The second-order valence-corrected chi connectivity index (χ2v) is 7.60. The minimum Gasteiger partial charge on any atom is -0.493 e. The van der Waals surface area contributed by atoms with Crippen molar-refractivity contribution >= 4 is 17.4 Å². The quantitative estimate of drug-likeness (QED) is 0.355. The molecule has 3 N–H and O–H groups in total. The molecule has 4 rings (SSSR count). The van der Waals surface area contributed by atoms with Crippen LogP contribution in [0.1, 0.15) is 21.9 Å². The van der Waals surface area contributed by atoms with E-state index in [9.17, 15) is 4.79 Å². The highest BCUT2D eigenvalue weighted by molar-refractivity contribution is 6.05. The van der Waals surface area contributed by atoms with Gasteiger partial charge in [0, 0.05) is 17.3 Å². The van der Waals surface area contributed by atoms with Crippen LogP contribution in [0.15, 0.2) is 40.8 Å². The zero-order chi connectivity index (χ0) is 25.8. The second-order valence-electron chi connectivity index (χ2n) is 7.60. The number of amides is 1. The van der Waals surface area contributed by atoms with E-state index in [1.54, 1.807) is 51.5 Å². The first-order valence-corrected chi connectivity index (χ1v) is 10.8. The van der Waals surface area contributed by atoms with Crippen LogP contribution in [0.2, 0.25) is 0 Å². The number of benzene rings is 2. The van der Waals surface area contributed by atoms with Crippen molar-refractivity contribution in [3.63, 3.8) is 0 Å². The number of nitrogens with one attached hydrogen (secondary N) is 1. The SMILES string of the molecule is COc1ccc(NC(=O)c2nnn(Cc3nc(-c4ccc(OC)c(OC)c4)oc3C)c2N)cc1OC. The molecule has 0 fully saturated rings. The van der Waals surface area contributed by atoms with Gasteiger partial charge in [-0.05, 0) is 37.3 Å². The molecule has 36 heavy (non-hydrogen) atoms. The Kier molecular flexibility index (Phi) is 6.95. The number of nitrogens with zero attached hydrogens (tertiary/aromatic N) is 4. The van der Waals surface area contributed by atoms with Crippen LogP contribution in [0, 0.1) is 6.92 Å². The predicted molar refractivity (Wildman–Crippen MR) is 131 cm³/mol. The van der Waals surface area contributed by atoms with E-state index in [2.05, 4.69) is 20.6 Å². The van der Waals surface area contributed by atoms with Gasteiger partial charge >= 0.3 is 0 Å². The summed E-state index contributed by atoms with van der Waals surface area (Å²) in [6, 6.07) is 10.3. The van der Waals surface area contributed by atoms with Gasteiger partial charge in [0.15, 0.2) is 34.5 Å². The molecular formula is C24H26N6O6. The van der Waals surface area contributed by atoms with Crippen molar-refractivity contribution in [2.45, 2.75) is 13.5 Å². The summed E-state index contributed by atoms with van der Waals surface area (Å²) >= 11 is 0. The van der Waals surface area contributed by atoms with Crippen molar-refractivity contribution in [2.24, 2.45) is 0 Å². The molecule has 0 bridgehead atoms. The largest absolute Gasteiger partial charge is 0.493 e. The van der Waals surface area contributed by atoms with Crippen LogP contribution in [0.5, 0.6) is 23.0 Å². The molecule has 0 saturated heterocycles. The molecule has 0 saturated carbocycles. The van der Waals surface area contributed by atoms with Crippen LogP contribution in [-0.2, 0) is 6.54 Å². The fraction of sp³-hybridized carbons (Fsp3) is 0.250. The first kappa shape index (κ1) is 24.4. The van der Waals surface area contributed by atoms with Crippen molar-refractivity contribution in [3.8, 4) is 34.5 Å². The van der Waals surface area contributed by atoms with Gasteiger partial charge < -0.3 is 34.4 Å². The molecule has 0 radical (unpaired) electrons. The molecule has 2 aromatic heterocycles. The smallest absolute Gasteiger partial charge is 0.280 e. The molecule has 0 aliphatic heterocycles. The highest BCUT2D eigenvalue weighted by atomic mass is 16.5. The maximum Gasteiger partial charge on any atom is 0.280 e. The molecule has 2 heterocycles. The van der Waals surface area contributed by atoms with Crippen molar-refractivity contribution < 1.29 is 28.2 Å². The van der Waals surface area contributed by atoms with Gasteiger partial charge in [0.25, 0.3) is 5.91 Å². The maximum atomic E-state index is 12.8. The zero-order valence-corrected chi connectivity index (χ0v) is 20.5. The molecule has 188 valence electrons. The van der Waals surface area contributed by atoms with E-state index in [0.717, 1.165) is 0 Å². The van der Waals surface area contributed by atoms with Crippen LogP contribution in [0.3, 0.4) is 0 Å². The minimum absolute atomic E-state index is 0.0222. The van der Waals surface area contributed by atoms with Crippen molar-refractivity contribution in [1.29, 1.82) is 0 Å². The molecule has 12 heteroatoms. The maximum absolute atomic E-state index is 12.8. The molecule has 0 atom stereocenters. The molecule has 4 aromatic rings. The van der Waals surface area contributed by atoms with E-state index >= 15 is 0 Å². The van der Waals surface area contributed by atoms with Gasteiger partial charge in [-0.2, -0.15) is 0 Å². The number of ether oxygens (including phenoxy) is 4. The number of aryl methyl sites for hydroxylation is 1. The fourth-order valence-electron chi connectivity index (χ4n) is 3.51. The van der Waals surface area contributed by atoms with E-state index in [4.69, 9.17) is 29.1 Å². The van der Waals surface area contributed by atoms with E-state index < -0.39 is 5.91 Å². The average molecular weight is 495 g/mol. The first-order valence-electron chi connectivity index (χ1n) is 10.8. The third-order valence-electron chi connectivity index (χ3n) is 5.45. The molecule has 0 aliphatic rings. The van der Waals surface area contributed by atoms with Gasteiger partial charge in [-0.3, -0.25) is 4.79 Å². The molecule has 1 amide bonds. The lowest BCUT2D eigenvalue weighted by molar-refractivity contribution is 0.102. The lowest BCUT2D eigenvalue weighted by Crippen LogP contribution is -2.15. The van der Waals surface area contributed by atoms with Crippen LogP contribution in [0.4, 0.5) is 11.5 Å². The third kappa shape index (κ3) is 4.73. The van der Waals surface area contributed by atoms with Gasteiger partial charge in [0.2, 0.25) is 5.89 Å². The van der Waals surface area contributed by atoms with E-state index in [1.807, 2.05) is 6.07 Å². The number of oxazole rings is 1. The Labute approximate surface area is 206 Å². The van der Waals surface area contributed by atoms with Crippen LogP contribution in [-0.4, -0.2) is 54.3 Å².